The SMILES string of the molecule is C=CCC.CC.CC(C)C(C)NC(=O)C(Cc1ccccc1)C(C)C.CCC(C)C(CCCCN)C(=O)O.CO. The van der Waals surface area contributed by atoms with Gasteiger partial charge in [-0.2, -0.15) is 0 Å². The van der Waals surface area contributed by atoms with Gasteiger partial charge in [-0.1, -0.05) is 112 Å². The summed E-state index contributed by atoms with van der Waals surface area (Å²) in [6, 6.07) is 10.5. The molecule has 1 amide bonds. The van der Waals surface area contributed by atoms with Gasteiger partial charge in [0, 0.05) is 19.1 Å². The van der Waals surface area contributed by atoms with Crippen molar-refractivity contribution < 1.29 is 19.8 Å². The van der Waals surface area contributed by atoms with Crippen LogP contribution in [0.5, 0.6) is 0 Å². The molecule has 0 saturated carbocycles. The normalized spacial score (nSPS) is 12.8. The molecule has 1 aromatic rings. The maximum Gasteiger partial charge on any atom is 0.306 e. The van der Waals surface area contributed by atoms with E-state index in [0.29, 0.717) is 18.4 Å². The van der Waals surface area contributed by atoms with Gasteiger partial charge in [-0.3, -0.25) is 9.59 Å². The van der Waals surface area contributed by atoms with Crippen molar-refractivity contribution in [2.75, 3.05) is 13.7 Å². The number of nitrogens with one attached hydrogen (secondary N) is 1. The van der Waals surface area contributed by atoms with Gasteiger partial charge < -0.3 is 21.3 Å². The van der Waals surface area contributed by atoms with Gasteiger partial charge in [0.25, 0.3) is 0 Å². The minimum absolute atomic E-state index is 0.0450. The number of benzene rings is 1. The average molecular weight is 567 g/mol. The predicted octanol–water partition coefficient (Wildman–Crippen LogP) is 7.74. The van der Waals surface area contributed by atoms with Gasteiger partial charge >= 0.3 is 5.97 Å². The number of carbonyl (C=O) groups is 2. The molecule has 0 fully saturated rings. The number of hydrogen-bond acceptors (Lipinski definition) is 4. The quantitative estimate of drug-likeness (QED) is 0.136. The fraction of sp³-hybridized carbons (Fsp3) is 0.706. The number of amides is 1. The van der Waals surface area contributed by atoms with Crippen molar-refractivity contribution in [3.8, 4) is 0 Å². The monoisotopic (exact) mass is 567 g/mol. The third-order valence-electron chi connectivity index (χ3n) is 6.72. The number of aliphatic hydroxyl groups is 1. The summed E-state index contributed by atoms with van der Waals surface area (Å²) < 4.78 is 0. The molecule has 0 heterocycles. The van der Waals surface area contributed by atoms with E-state index in [4.69, 9.17) is 15.9 Å². The molecule has 0 bridgehead atoms. The molecule has 4 unspecified atom stereocenters. The van der Waals surface area contributed by atoms with Crippen LogP contribution in [0, 0.1) is 29.6 Å². The lowest BCUT2D eigenvalue weighted by Gasteiger charge is -2.24. The summed E-state index contributed by atoms with van der Waals surface area (Å²) in [6.07, 6.45) is 7.33. The van der Waals surface area contributed by atoms with Crippen molar-refractivity contribution in [1.29, 1.82) is 0 Å². The molecule has 0 spiro atoms. The van der Waals surface area contributed by atoms with Crippen LogP contribution >= 0.6 is 0 Å². The fourth-order valence-electron chi connectivity index (χ4n) is 3.44. The smallest absolute Gasteiger partial charge is 0.306 e. The summed E-state index contributed by atoms with van der Waals surface area (Å²) >= 11 is 0. The average Bonchev–Trinajstić information content (AvgIpc) is 2.96. The number of nitrogens with two attached hydrogens (primary N) is 1. The number of unbranched alkanes of at least 4 members (excludes halogenated alkanes) is 1. The van der Waals surface area contributed by atoms with Crippen LogP contribution in [-0.4, -0.2) is 41.8 Å². The Hall–Kier alpha value is -2.18. The summed E-state index contributed by atoms with van der Waals surface area (Å²) in [5.74, 6) is 0.468. The van der Waals surface area contributed by atoms with E-state index in [0.717, 1.165) is 45.6 Å². The third-order valence-corrected chi connectivity index (χ3v) is 6.72. The van der Waals surface area contributed by atoms with E-state index < -0.39 is 5.97 Å². The lowest BCUT2D eigenvalue weighted by Crippen LogP contribution is -2.42. The molecule has 6 heteroatoms. The van der Waals surface area contributed by atoms with Crippen LogP contribution in [0.2, 0.25) is 0 Å². The van der Waals surface area contributed by atoms with Crippen molar-refractivity contribution in [2.45, 2.75) is 114 Å². The van der Waals surface area contributed by atoms with E-state index in [1.165, 1.54) is 5.56 Å². The van der Waals surface area contributed by atoms with Crippen LogP contribution in [0.15, 0.2) is 43.0 Å². The Labute approximate surface area is 248 Å². The fourth-order valence-corrected chi connectivity index (χ4v) is 3.44. The van der Waals surface area contributed by atoms with Crippen molar-refractivity contribution >= 4 is 11.9 Å². The molecule has 0 saturated heterocycles. The van der Waals surface area contributed by atoms with Gasteiger partial charge in [0.05, 0.1) is 5.92 Å². The number of hydrogen-bond donors (Lipinski definition) is 4. The molecule has 0 aliphatic heterocycles. The number of aliphatic hydroxyl groups excluding tert-OH is 1. The van der Waals surface area contributed by atoms with E-state index in [-0.39, 0.29) is 29.7 Å². The third kappa shape index (κ3) is 24.8. The molecule has 236 valence electrons. The molecule has 6 nitrogen and oxygen atoms in total. The van der Waals surface area contributed by atoms with E-state index >= 15 is 0 Å². The summed E-state index contributed by atoms with van der Waals surface area (Å²) in [4.78, 5) is 23.3. The van der Waals surface area contributed by atoms with Crippen LogP contribution in [0.4, 0.5) is 0 Å². The van der Waals surface area contributed by atoms with E-state index in [2.05, 4.69) is 65.6 Å². The minimum atomic E-state index is -0.661. The van der Waals surface area contributed by atoms with Crippen LogP contribution in [0.25, 0.3) is 0 Å². The Morgan fingerprint density at radius 1 is 0.925 bits per heavy atom. The second-order valence-corrected chi connectivity index (χ2v) is 10.4. The van der Waals surface area contributed by atoms with E-state index in [1.807, 2.05) is 52.0 Å². The van der Waals surface area contributed by atoms with Crippen molar-refractivity contribution in [2.24, 2.45) is 35.3 Å². The van der Waals surface area contributed by atoms with Crippen molar-refractivity contribution in [3.05, 3.63) is 48.6 Å². The van der Waals surface area contributed by atoms with Crippen LogP contribution in [-0.2, 0) is 16.0 Å². The summed E-state index contributed by atoms with van der Waals surface area (Å²) in [5, 5.41) is 19.1. The Morgan fingerprint density at radius 3 is 1.77 bits per heavy atom. The first-order chi connectivity index (χ1) is 19.0. The zero-order chi connectivity index (χ0) is 32.1. The topological polar surface area (TPSA) is 113 Å². The number of carbonyl (C=O) groups excluding carboxylic acids is 1. The highest BCUT2D eigenvalue weighted by Crippen LogP contribution is 2.21. The Kier molecular flexibility index (Phi) is 35.1. The molecule has 1 aromatic carbocycles. The van der Waals surface area contributed by atoms with Gasteiger partial charge in [-0.25, -0.2) is 0 Å². The number of allylic oxidation sites excluding steroid dienone is 1. The van der Waals surface area contributed by atoms with Crippen LogP contribution in [0.3, 0.4) is 0 Å². The molecule has 1 rings (SSSR count). The predicted molar refractivity (Wildman–Crippen MR) is 174 cm³/mol. The number of carboxylic acid groups (broad SMARTS) is 1. The summed E-state index contributed by atoms with van der Waals surface area (Å²) in [6.45, 7) is 24.8. The van der Waals surface area contributed by atoms with Gasteiger partial charge in [-0.15, -0.1) is 6.58 Å². The van der Waals surface area contributed by atoms with Crippen molar-refractivity contribution in [3.63, 3.8) is 0 Å². The van der Waals surface area contributed by atoms with E-state index in [9.17, 15) is 9.59 Å². The highest BCUT2D eigenvalue weighted by Gasteiger charge is 2.24. The maximum absolute atomic E-state index is 12.4. The molecule has 4 atom stereocenters. The first kappa shape index (κ1) is 44.8. The molecular weight excluding hydrogens is 500 g/mol. The Morgan fingerprint density at radius 2 is 1.43 bits per heavy atom. The molecule has 0 radical (unpaired) electrons. The highest BCUT2D eigenvalue weighted by molar-refractivity contribution is 5.79. The zero-order valence-electron chi connectivity index (χ0n) is 27.9. The van der Waals surface area contributed by atoms with Gasteiger partial charge in [0.1, 0.15) is 0 Å². The lowest BCUT2D eigenvalue weighted by atomic mass is 9.87. The lowest BCUT2D eigenvalue weighted by molar-refractivity contribution is -0.143. The standard InChI is InChI=1S/C17H27NO.C10H21NO2.C4H8.C2H6.CH4O/c1-12(2)14(5)18-17(19)16(13(3)4)11-15-9-7-6-8-10-15;1-3-8(2)9(10(12)13)6-4-5-7-11;1-3-4-2;2*1-2/h6-10,12-14,16H,11H2,1-5H3,(H,18,19);8-9H,3-7,11H2,1-2H3,(H,12,13);3H,1,4H2,2H3;1-2H3;2H,1H3. The number of carboxylic acids is 1. The first-order valence-corrected chi connectivity index (χ1v) is 15.3. The highest BCUT2D eigenvalue weighted by atomic mass is 16.4. The summed E-state index contributed by atoms with van der Waals surface area (Å²) in [7, 11) is 1.00. The molecule has 0 aromatic heterocycles. The van der Waals surface area contributed by atoms with Gasteiger partial charge in [-0.05, 0) is 62.5 Å². The number of aliphatic carboxylic acids is 1. The van der Waals surface area contributed by atoms with E-state index in [1.54, 1.807) is 0 Å². The summed E-state index contributed by atoms with van der Waals surface area (Å²) in [5.41, 5.74) is 6.58. The Bertz CT molecular complexity index is 692. The molecule has 0 aliphatic rings. The maximum atomic E-state index is 12.4. The zero-order valence-corrected chi connectivity index (χ0v) is 27.9. The van der Waals surface area contributed by atoms with Crippen LogP contribution in [0.1, 0.15) is 107 Å². The van der Waals surface area contributed by atoms with Gasteiger partial charge in [0.2, 0.25) is 5.91 Å². The second kappa shape index (κ2) is 31.3. The number of rotatable bonds is 14. The minimum Gasteiger partial charge on any atom is -0.481 e. The Balaban J connectivity index is -0.000000267. The first-order valence-electron chi connectivity index (χ1n) is 15.3. The molecule has 5 N–H and O–H groups in total. The molecular formula is C34H66N2O4. The molecule has 0 aliphatic carbocycles. The second-order valence-electron chi connectivity index (χ2n) is 10.4. The largest absolute Gasteiger partial charge is 0.481 e. The molecule has 40 heavy (non-hydrogen) atoms. The van der Waals surface area contributed by atoms with Gasteiger partial charge in [0.15, 0.2) is 0 Å². The van der Waals surface area contributed by atoms with Crippen LogP contribution < -0.4 is 11.1 Å². The van der Waals surface area contributed by atoms with Crippen molar-refractivity contribution in [1.82, 2.24) is 5.32 Å².